The monoisotopic (exact) mass is 381 g/mol. The average molecular weight is 381 g/mol. The van der Waals surface area contributed by atoms with Crippen LogP contribution >= 0.6 is 0 Å². The molecule has 0 aromatic carbocycles. The molecule has 9 heteroatoms. The first-order valence-electron chi connectivity index (χ1n) is 8.65. The molecule has 9 nitrogen and oxygen atoms in total. The van der Waals surface area contributed by atoms with Gasteiger partial charge in [0.25, 0.3) is 0 Å². The number of fused-ring (bicyclic) bond motifs is 1. The molecule has 0 aromatic heterocycles. The lowest BCUT2D eigenvalue weighted by molar-refractivity contribution is -0.258. The Bertz CT molecular complexity index is 712. The number of aliphatic hydroxyl groups is 3. The lowest BCUT2D eigenvalue weighted by Crippen LogP contribution is -2.64. The number of aliphatic hydroxyl groups excluding tert-OH is 3. The summed E-state index contributed by atoms with van der Waals surface area (Å²) >= 11 is 0. The van der Waals surface area contributed by atoms with Crippen molar-refractivity contribution in [2.24, 2.45) is 0 Å². The van der Waals surface area contributed by atoms with Crippen LogP contribution in [0.3, 0.4) is 0 Å². The van der Waals surface area contributed by atoms with Gasteiger partial charge in [-0.15, -0.1) is 0 Å². The zero-order valence-corrected chi connectivity index (χ0v) is 15.0. The molecule has 0 radical (unpaired) electrons. The molecule has 0 unspecified atom stereocenters. The van der Waals surface area contributed by atoms with Crippen LogP contribution in [-0.4, -0.2) is 70.6 Å². The van der Waals surface area contributed by atoms with Crippen LogP contribution in [0.4, 0.5) is 0 Å². The number of allylic oxidation sites excluding steroid dienone is 1. The molecule has 0 aromatic rings. The second-order valence-electron chi connectivity index (χ2n) is 6.78. The standard InChI is InChI=1S/C18H23NO8/c1-8-5-14(22)26-12-6-10(3-4-11(8)12)25-18-15(19-9(2)21)17(24)16(23)13(7-20)27-18/h3-4,6,12-13,15-18,20,23-24H,5,7H2,1-2H3,(H,19,21)/t12-,13-,15-,16-,17-,18-/m1/s1. The van der Waals surface area contributed by atoms with E-state index in [0.717, 1.165) is 11.1 Å². The van der Waals surface area contributed by atoms with Crippen molar-refractivity contribution in [2.75, 3.05) is 6.61 Å². The molecule has 6 atom stereocenters. The highest BCUT2D eigenvalue weighted by Crippen LogP contribution is 2.31. The predicted molar refractivity (Wildman–Crippen MR) is 90.9 cm³/mol. The minimum Gasteiger partial charge on any atom is -0.463 e. The van der Waals surface area contributed by atoms with E-state index in [-0.39, 0.29) is 12.4 Å². The lowest BCUT2D eigenvalue weighted by Gasteiger charge is -2.42. The number of rotatable bonds is 4. The summed E-state index contributed by atoms with van der Waals surface area (Å²) in [6, 6.07) is -1.05. The lowest BCUT2D eigenvalue weighted by atomic mass is 9.94. The van der Waals surface area contributed by atoms with E-state index in [1.54, 1.807) is 18.2 Å². The quantitative estimate of drug-likeness (QED) is 0.457. The molecule has 4 N–H and O–H groups in total. The molecule has 1 fully saturated rings. The molecule has 148 valence electrons. The van der Waals surface area contributed by atoms with Crippen LogP contribution in [0.5, 0.6) is 0 Å². The number of hydrogen-bond donors (Lipinski definition) is 4. The van der Waals surface area contributed by atoms with Crippen molar-refractivity contribution in [3.05, 3.63) is 35.1 Å². The molecule has 1 amide bonds. The molecule has 0 spiro atoms. The average Bonchev–Trinajstić information content (AvgIpc) is 2.60. The van der Waals surface area contributed by atoms with Gasteiger partial charge < -0.3 is 34.8 Å². The summed E-state index contributed by atoms with van der Waals surface area (Å²) in [7, 11) is 0. The zero-order valence-electron chi connectivity index (χ0n) is 15.0. The van der Waals surface area contributed by atoms with Gasteiger partial charge in [-0.1, -0.05) is 11.6 Å². The van der Waals surface area contributed by atoms with E-state index >= 15 is 0 Å². The van der Waals surface area contributed by atoms with Crippen molar-refractivity contribution in [3.63, 3.8) is 0 Å². The fourth-order valence-corrected chi connectivity index (χ4v) is 3.33. The Balaban J connectivity index is 1.80. The van der Waals surface area contributed by atoms with E-state index in [1.807, 2.05) is 6.92 Å². The molecule has 0 bridgehead atoms. The summed E-state index contributed by atoms with van der Waals surface area (Å²) in [5.74, 6) is -0.468. The van der Waals surface area contributed by atoms with Crippen molar-refractivity contribution in [2.45, 2.75) is 57.0 Å². The SMILES string of the molecule is CC(=O)N[C@H]1[C@H](OC2=C[C@H]3OC(=O)CC(C)=C3C=C2)O[C@H](CO)[C@@H](O)[C@@H]1O. The first-order chi connectivity index (χ1) is 12.8. The van der Waals surface area contributed by atoms with Crippen molar-refractivity contribution in [1.82, 2.24) is 5.32 Å². The van der Waals surface area contributed by atoms with Gasteiger partial charge in [0.1, 0.15) is 36.2 Å². The fourth-order valence-electron chi connectivity index (χ4n) is 3.33. The maximum atomic E-state index is 11.6. The summed E-state index contributed by atoms with van der Waals surface area (Å²) in [6.07, 6.45) is -0.352. The number of carbonyl (C=O) groups excluding carboxylic acids is 2. The Morgan fingerprint density at radius 1 is 1.33 bits per heavy atom. The van der Waals surface area contributed by atoms with Gasteiger partial charge in [0.2, 0.25) is 12.2 Å². The Morgan fingerprint density at radius 3 is 2.74 bits per heavy atom. The second kappa shape index (κ2) is 7.81. The molecular formula is C18H23NO8. The van der Waals surface area contributed by atoms with Crippen LogP contribution in [0.15, 0.2) is 35.1 Å². The van der Waals surface area contributed by atoms with E-state index in [0.29, 0.717) is 5.76 Å². The Hall–Kier alpha value is -2.20. The summed E-state index contributed by atoms with van der Waals surface area (Å²) in [5.41, 5.74) is 1.78. The maximum absolute atomic E-state index is 11.6. The summed E-state index contributed by atoms with van der Waals surface area (Å²) in [5, 5.41) is 32.2. The number of carbonyl (C=O) groups is 2. The van der Waals surface area contributed by atoms with Crippen molar-refractivity contribution in [1.29, 1.82) is 0 Å². The van der Waals surface area contributed by atoms with Gasteiger partial charge in [-0.05, 0) is 18.6 Å². The van der Waals surface area contributed by atoms with Gasteiger partial charge in [0.15, 0.2) is 0 Å². The minimum absolute atomic E-state index is 0.235. The van der Waals surface area contributed by atoms with Crippen LogP contribution < -0.4 is 5.32 Å². The largest absolute Gasteiger partial charge is 0.463 e. The normalized spacial score (nSPS) is 35.9. The molecule has 27 heavy (non-hydrogen) atoms. The van der Waals surface area contributed by atoms with E-state index < -0.39 is 49.3 Å². The second-order valence-corrected chi connectivity index (χ2v) is 6.78. The number of ether oxygens (including phenoxy) is 3. The van der Waals surface area contributed by atoms with Gasteiger partial charge in [0.05, 0.1) is 13.0 Å². The third-order valence-corrected chi connectivity index (χ3v) is 4.71. The van der Waals surface area contributed by atoms with Crippen LogP contribution in [0.1, 0.15) is 20.3 Å². The molecule has 0 saturated carbocycles. The third-order valence-electron chi connectivity index (χ3n) is 4.71. The summed E-state index contributed by atoms with van der Waals surface area (Å²) < 4.78 is 16.6. The predicted octanol–water partition coefficient (Wildman–Crippen LogP) is -0.968. The molecule has 2 heterocycles. The molecule has 3 aliphatic rings. The van der Waals surface area contributed by atoms with Crippen molar-refractivity contribution >= 4 is 11.9 Å². The van der Waals surface area contributed by atoms with Gasteiger partial charge in [0, 0.05) is 13.0 Å². The van der Waals surface area contributed by atoms with E-state index in [2.05, 4.69) is 5.32 Å². The Morgan fingerprint density at radius 2 is 2.07 bits per heavy atom. The van der Waals surface area contributed by atoms with Crippen molar-refractivity contribution in [3.8, 4) is 0 Å². The van der Waals surface area contributed by atoms with Crippen LogP contribution in [0.2, 0.25) is 0 Å². The van der Waals surface area contributed by atoms with Crippen LogP contribution in [0, 0.1) is 0 Å². The van der Waals surface area contributed by atoms with Gasteiger partial charge in [-0.2, -0.15) is 0 Å². The Kier molecular flexibility index (Phi) is 5.66. The minimum atomic E-state index is -1.40. The Labute approximate surface area is 155 Å². The molecule has 1 saturated heterocycles. The molecule has 2 aliphatic heterocycles. The molecular weight excluding hydrogens is 358 g/mol. The maximum Gasteiger partial charge on any atom is 0.310 e. The first-order valence-corrected chi connectivity index (χ1v) is 8.65. The third kappa shape index (κ3) is 4.06. The molecule has 3 rings (SSSR count). The number of nitrogens with one attached hydrogen (secondary N) is 1. The molecule has 1 aliphatic carbocycles. The highest BCUT2D eigenvalue weighted by molar-refractivity contribution is 5.76. The number of esters is 1. The van der Waals surface area contributed by atoms with E-state index in [1.165, 1.54) is 6.92 Å². The smallest absolute Gasteiger partial charge is 0.310 e. The van der Waals surface area contributed by atoms with E-state index in [4.69, 9.17) is 14.2 Å². The van der Waals surface area contributed by atoms with Gasteiger partial charge in [-0.3, -0.25) is 9.59 Å². The van der Waals surface area contributed by atoms with Crippen molar-refractivity contribution < 1.29 is 39.1 Å². The zero-order chi connectivity index (χ0) is 19.7. The van der Waals surface area contributed by atoms with Crippen LogP contribution in [0.25, 0.3) is 0 Å². The van der Waals surface area contributed by atoms with Gasteiger partial charge in [-0.25, -0.2) is 0 Å². The fraction of sp³-hybridized carbons (Fsp3) is 0.556. The first kappa shape index (κ1) is 19.6. The summed E-state index contributed by atoms with van der Waals surface area (Å²) in [6.45, 7) is 2.58. The highest BCUT2D eigenvalue weighted by atomic mass is 16.7. The van der Waals surface area contributed by atoms with Crippen LogP contribution in [-0.2, 0) is 23.8 Å². The topological polar surface area (TPSA) is 135 Å². The highest BCUT2D eigenvalue weighted by Gasteiger charge is 2.46. The van der Waals surface area contributed by atoms with E-state index in [9.17, 15) is 24.9 Å². The number of hydrogen-bond acceptors (Lipinski definition) is 8. The number of amides is 1. The summed E-state index contributed by atoms with van der Waals surface area (Å²) in [4.78, 5) is 23.1. The van der Waals surface area contributed by atoms with Gasteiger partial charge >= 0.3 is 5.97 Å².